The molecule has 0 aromatic heterocycles. The molecule has 0 unspecified atom stereocenters. The van der Waals surface area contributed by atoms with E-state index in [1.165, 1.54) is 51.6 Å². The van der Waals surface area contributed by atoms with Gasteiger partial charge in [-0.15, -0.1) is 0 Å². The Bertz CT molecular complexity index is 261. The second-order valence-electron chi connectivity index (χ2n) is 5.85. The fourth-order valence-corrected chi connectivity index (χ4v) is 2.87. The lowest BCUT2D eigenvalue weighted by Crippen LogP contribution is -2.39. The summed E-state index contributed by atoms with van der Waals surface area (Å²) in [6.07, 6.45) is 7.77. The van der Waals surface area contributed by atoms with Crippen LogP contribution in [-0.2, 0) is 0 Å². The van der Waals surface area contributed by atoms with Gasteiger partial charge < -0.3 is 15.5 Å². The minimum atomic E-state index is 0.742. The molecule has 0 amide bonds. The Kier molecular flexibility index (Phi) is 5.29. The van der Waals surface area contributed by atoms with Crippen molar-refractivity contribution in [1.29, 1.82) is 0 Å². The molecule has 2 fully saturated rings. The maximum atomic E-state index is 6.13. The van der Waals surface area contributed by atoms with Crippen LogP contribution < -0.4 is 5.73 Å². The van der Waals surface area contributed by atoms with Crippen LogP contribution in [0.4, 0.5) is 0 Å². The van der Waals surface area contributed by atoms with Crippen LogP contribution >= 0.6 is 0 Å². The summed E-state index contributed by atoms with van der Waals surface area (Å²) in [6, 6.07) is 0. The second-order valence-corrected chi connectivity index (χ2v) is 5.85. The molecule has 2 aliphatic rings. The molecule has 18 heavy (non-hydrogen) atoms. The van der Waals surface area contributed by atoms with Gasteiger partial charge in [-0.05, 0) is 51.7 Å². The molecule has 0 saturated carbocycles. The molecule has 0 atom stereocenters. The van der Waals surface area contributed by atoms with Gasteiger partial charge in [-0.1, -0.05) is 12.8 Å². The molecule has 104 valence electrons. The smallest absolute Gasteiger partial charge is 0.191 e. The van der Waals surface area contributed by atoms with E-state index in [0.717, 1.165) is 31.5 Å². The van der Waals surface area contributed by atoms with Crippen LogP contribution in [0.3, 0.4) is 0 Å². The molecule has 2 N–H and O–H groups in total. The van der Waals surface area contributed by atoms with Crippen LogP contribution in [0, 0.1) is 5.92 Å². The Morgan fingerprint density at radius 1 is 1.06 bits per heavy atom. The molecule has 4 heteroatoms. The van der Waals surface area contributed by atoms with Gasteiger partial charge >= 0.3 is 0 Å². The van der Waals surface area contributed by atoms with Crippen LogP contribution in [0.5, 0.6) is 0 Å². The molecular weight excluding hydrogens is 224 g/mol. The van der Waals surface area contributed by atoms with E-state index in [1.54, 1.807) is 0 Å². The number of guanidine groups is 1. The number of piperidine rings is 1. The Hall–Kier alpha value is -0.770. The van der Waals surface area contributed by atoms with Crippen molar-refractivity contribution in [2.24, 2.45) is 16.6 Å². The average molecular weight is 252 g/mol. The summed E-state index contributed by atoms with van der Waals surface area (Å²) < 4.78 is 0. The zero-order valence-electron chi connectivity index (χ0n) is 11.8. The molecule has 0 aliphatic carbocycles. The molecule has 2 heterocycles. The summed E-state index contributed by atoms with van der Waals surface area (Å²) in [7, 11) is 2.20. The van der Waals surface area contributed by atoms with Crippen molar-refractivity contribution < 1.29 is 0 Å². The molecule has 2 aliphatic heterocycles. The van der Waals surface area contributed by atoms with Gasteiger partial charge in [-0.25, -0.2) is 0 Å². The Morgan fingerprint density at radius 3 is 2.28 bits per heavy atom. The lowest BCUT2D eigenvalue weighted by Gasteiger charge is -2.28. The highest BCUT2D eigenvalue weighted by Gasteiger charge is 2.17. The van der Waals surface area contributed by atoms with Crippen molar-refractivity contribution in [3.8, 4) is 0 Å². The SMILES string of the molecule is CN1CCC(CN=C(N)N2CCCCCC2)CC1. The van der Waals surface area contributed by atoms with Crippen molar-refractivity contribution in [3.05, 3.63) is 0 Å². The molecule has 0 spiro atoms. The highest BCUT2D eigenvalue weighted by Crippen LogP contribution is 2.16. The van der Waals surface area contributed by atoms with Crippen molar-refractivity contribution in [3.63, 3.8) is 0 Å². The van der Waals surface area contributed by atoms with Crippen LogP contribution in [0.15, 0.2) is 4.99 Å². The van der Waals surface area contributed by atoms with Crippen LogP contribution in [0.25, 0.3) is 0 Å². The Labute approximate surface area is 111 Å². The fraction of sp³-hybridized carbons (Fsp3) is 0.929. The molecule has 0 aromatic rings. The summed E-state index contributed by atoms with van der Waals surface area (Å²) in [5.41, 5.74) is 6.13. The quantitative estimate of drug-likeness (QED) is 0.598. The van der Waals surface area contributed by atoms with Gasteiger partial charge in [0.25, 0.3) is 0 Å². The van der Waals surface area contributed by atoms with Crippen molar-refractivity contribution in [1.82, 2.24) is 9.80 Å². The van der Waals surface area contributed by atoms with E-state index in [0.29, 0.717) is 0 Å². The van der Waals surface area contributed by atoms with Gasteiger partial charge in [-0.3, -0.25) is 4.99 Å². The summed E-state index contributed by atoms with van der Waals surface area (Å²) in [5.74, 6) is 1.53. The third-order valence-electron chi connectivity index (χ3n) is 4.28. The molecule has 2 saturated heterocycles. The van der Waals surface area contributed by atoms with Crippen molar-refractivity contribution >= 4 is 5.96 Å². The highest BCUT2D eigenvalue weighted by atomic mass is 15.2. The zero-order valence-corrected chi connectivity index (χ0v) is 11.8. The first kappa shape index (κ1) is 13.7. The predicted molar refractivity (Wildman–Crippen MR) is 76.8 cm³/mol. The number of hydrogen-bond acceptors (Lipinski definition) is 2. The molecule has 0 aromatic carbocycles. The third kappa shape index (κ3) is 4.16. The van der Waals surface area contributed by atoms with E-state index in [-0.39, 0.29) is 0 Å². The summed E-state index contributed by atoms with van der Waals surface area (Å²) >= 11 is 0. The van der Waals surface area contributed by atoms with Gasteiger partial charge in [0.1, 0.15) is 0 Å². The third-order valence-corrected chi connectivity index (χ3v) is 4.28. The Balaban J connectivity index is 1.76. The van der Waals surface area contributed by atoms with E-state index >= 15 is 0 Å². The van der Waals surface area contributed by atoms with Gasteiger partial charge in [0.05, 0.1) is 0 Å². The standard InChI is InChI=1S/C14H28N4/c1-17-10-6-13(7-11-17)12-16-14(15)18-8-4-2-3-5-9-18/h13H,2-12H2,1H3,(H2,15,16). The number of likely N-dealkylation sites (tertiary alicyclic amines) is 2. The second kappa shape index (κ2) is 6.98. The fourth-order valence-electron chi connectivity index (χ4n) is 2.87. The molecule has 0 radical (unpaired) electrons. The summed E-state index contributed by atoms with van der Waals surface area (Å²) in [5, 5.41) is 0. The largest absolute Gasteiger partial charge is 0.370 e. The van der Waals surface area contributed by atoms with Crippen LogP contribution in [0.1, 0.15) is 38.5 Å². The first-order chi connectivity index (χ1) is 8.75. The zero-order chi connectivity index (χ0) is 12.8. The normalized spacial score (nSPS) is 25.2. The number of nitrogens with two attached hydrogens (primary N) is 1. The van der Waals surface area contributed by atoms with Crippen LogP contribution in [0.2, 0.25) is 0 Å². The van der Waals surface area contributed by atoms with Gasteiger partial charge in [0.15, 0.2) is 5.96 Å². The minimum Gasteiger partial charge on any atom is -0.370 e. The lowest BCUT2D eigenvalue weighted by molar-refractivity contribution is 0.223. The highest BCUT2D eigenvalue weighted by molar-refractivity contribution is 5.78. The van der Waals surface area contributed by atoms with Crippen molar-refractivity contribution in [2.45, 2.75) is 38.5 Å². The first-order valence-electron chi connectivity index (χ1n) is 7.49. The van der Waals surface area contributed by atoms with E-state index < -0.39 is 0 Å². The number of hydrogen-bond donors (Lipinski definition) is 1. The van der Waals surface area contributed by atoms with Crippen LogP contribution in [-0.4, -0.2) is 55.5 Å². The maximum absolute atomic E-state index is 6.13. The summed E-state index contributed by atoms with van der Waals surface area (Å²) in [4.78, 5) is 9.32. The number of aliphatic imine (C=N–C) groups is 1. The minimum absolute atomic E-state index is 0.742. The lowest BCUT2D eigenvalue weighted by atomic mass is 9.97. The van der Waals surface area contributed by atoms with E-state index in [4.69, 9.17) is 5.73 Å². The monoisotopic (exact) mass is 252 g/mol. The Morgan fingerprint density at radius 2 is 1.67 bits per heavy atom. The van der Waals surface area contributed by atoms with Gasteiger partial charge in [0, 0.05) is 19.6 Å². The summed E-state index contributed by atoms with van der Waals surface area (Å²) in [6.45, 7) is 5.55. The van der Waals surface area contributed by atoms with Gasteiger partial charge in [0.2, 0.25) is 0 Å². The van der Waals surface area contributed by atoms with Gasteiger partial charge in [-0.2, -0.15) is 0 Å². The van der Waals surface area contributed by atoms with E-state index in [1.807, 2.05) is 0 Å². The number of rotatable bonds is 2. The average Bonchev–Trinajstić information content (AvgIpc) is 2.66. The number of nitrogens with zero attached hydrogens (tertiary/aromatic N) is 3. The molecular formula is C14H28N4. The molecule has 4 nitrogen and oxygen atoms in total. The predicted octanol–water partition coefficient (Wildman–Crippen LogP) is 1.52. The topological polar surface area (TPSA) is 44.9 Å². The van der Waals surface area contributed by atoms with E-state index in [2.05, 4.69) is 21.8 Å². The first-order valence-corrected chi connectivity index (χ1v) is 7.49. The molecule has 0 bridgehead atoms. The molecule has 2 rings (SSSR count). The van der Waals surface area contributed by atoms with Crippen molar-refractivity contribution in [2.75, 3.05) is 39.8 Å². The maximum Gasteiger partial charge on any atom is 0.191 e. The van der Waals surface area contributed by atoms with E-state index in [9.17, 15) is 0 Å².